The van der Waals surface area contributed by atoms with Crippen molar-refractivity contribution in [3.63, 3.8) is 0 Å². The monoisotopic (exact) mass is 411 g/mol. The van der Waals surface area contributed by atoms with Crippen LogP contribution in [0.1, 0.15) is 21.8 Å². The quantitative estimate of drug-likeness (QED) is 0.391. The van der Waals surface area contributed by atoms with Crippen LogP contribution in [0.3, 0.4) is 0 Å². The highest BCUT2D eigenvalue weighted by Crippen LogP contribution is 2.23. The molecule has 148 valence electrons. The van der Waals surface area contributed by atoms with Crippen molar-refractivity contribution in [1.29, 1.82) is 0 Å². The van der Waals surface area contributed by atoms with Crippen molar-refractivity contribution in [2.75, 3.05) is 0 Å². The Labute approximate surface area is 170 Å². The molecule has 0 unspecified atom stereocenters. The summed E-state index contributed by atoms with van der Waals surface area (Å²) >= 11 is 1.42. The second kappa shape index (κ2) is 8.45. The van der Waals surface area contributed by atoms with Crippen LogP contribution < -0.4 is 4.74 Å². The number of halogens is 1. The first-order valence-electron chi connectivity index (χ1n) is 9.01. The van der Waals surface area contributed by atoms with Crippen LogP contribution in [0.4, 0.5) is 4.39 Å². The first kappa shape index (κ1) is 19.1. The number of ether oxygens (including phenoxy) is 2. The van der Waals surface area contributed by atoms with Gasteiger partial charge in [0.15, 0.2) is 0 Å². The van der Waals surface area contributed by atoms with Gasteiger partial charge in [-0.15, -0.1) is 11.3 Å². The molecule has 0 aliphatic heterocycles. The second-order valence-electron chi connectivity index (χ2n) is 6.57. The lowest BCUT2D eigenvalue weighted by molar-refractivity contribution is -0.144. The van der Waals surface area contributed by atoms with Gasteiger partial charge in [-0.1, -0.05) is 12.1 Å². The largest absolute Gasteiger partial charge is 0.486 e. The Hall–Kier alpha value is -3.19. The van der Waals surface area contributed by atoms with Gasteiger partial charge in [0.1, 0.15) is 35.4 Å². The summed E-state index contributed by atoms with van der Waals surface area (Å²) in [7, 11) is 0. The number of thiazole rings is 1. The van der Waals surface area contributed by atoms with Gasteiger partial charge in [-0.05, 0) is 42.8 Å². The normalized spacial score (nSPS) is 11.0. The first-order chi connectivity index (χ1) is 14.1. The average Bonchev–Trinajstić information content (AvgIpc) is 3.33. The summed E-state index contributed by atoms with van der Waals surface area (Å²) in [6.45, 7) is 2.36. The molecule has 2 heterocycles. The number of fused-ring (bicyclic) bond motifs is 1. The fraction of sp³-hybridized carbons (Fsp3) is 0.182. The molecule has 0 saturated heterocycles. The summed E-state index contributed by atoms with van der Waals surface area (Å²) in [4.78, 5) is 16.6. The summed E-state index contributed by atoms with van der Waals surface area (Å²) in [6.07, 6.45) is 1.74. The molecule has 4 aromatic rings. The van der Waals surface area contributed by atoms with Crippen LogP contribution in [0.5, 0.6) is 5.75 Å². The molecule has 0 radical (unpaired) electrons. The fourth-order valence-electron chi connectivity index (χ4n) is 2.85. The Morgan fingerprint density at radius 3 is 2.83 bits per heavy atom. The highest BCUT2D eigenvalue weighted by Gasteiger charge is 2.13. The molecule has 7 heteroatoms. The van der Waals surface area contributed by atoms with Crippen LogP contribution in [-0.4, -0.2) is 11.0 Å². The Bertz CT molecular complexity index is 1130. The lowest BCUT2D eigenvalue weighted by Gasteiger charge is -2.03. The van der Waals surface area contributed by atoms with Gasteiger partial charge in [-0.25, -0.2) is 9.37 Å². The van der Waals surface area contributed by atoms with E-state index in [1.165, 1.54) is 23.5 Å². The molecule has 0 N–H and O–H groups in total. The third-order valence-electron chi connectivity index (χ3n) is 4.30. The first-order valence-corrected chi connectivity index (χ1v) is 9.89. The van der Waals surface area contributed by atoms with E-state index in [4.69, 9.17) is 13.9 Å². The van der Waals surface area contributed by atoms with Crippen molar-refractivity contribution in [3.05, 3.63) is 81.8 Å². The number of carbonyl (C=O) groups excluding carboxylic acids is 1. The van der Waals surface area contributed by atoms with E-state index in [0.717, 1.165) is 27.1 Å². The molecule has 0 spiro atoms. The van der Waals surface area contributed by atoms with Crippen LogP contribution >= 0.6 is 11.3 Å². The van der Waals surface area contributed by atoms with E-state index in [0.29, 0.717) is 11.4 Å². The zero-order chi connectivity index (χ0) is 20.2. The highest BCUT2D eigenvalue weighted by atomic mass is 32.1. The predicted molar refractivity (Wildman–Crippen MR) is 107 cm³/mol. The van der Waals surface area contributed by atoms with Crippen molar-refractivity contribution in [2.24, 2.45) is 0 Å². The summed E-state index contributed by atoms with van der Waals surface area (Å²) in [5, 5.41) is 3.49. The van der Waals surface area contributed by atoms with Crippen molar-refractivity contribution in [1.82, 2.24) is 4.98 Å². The molecule has 0 fully saturated rings. The van der Waals surface area contributed by atoms with Crippen molar-refractivity contribution in [2.45, 2.75) is 26.6 Å². The summed E-state index contributed by atoms with van der Waals surface area (Å²) in [5.74, 6) is -0.0864. The number of hydrogen-bond donors (Lipinski definition) is 0. The number of furan rings is 1. The minimum Gasteiger partial charge on any atom is -0.486 e. The standard InChI is InChI=1S/C22H18FNO4S/c1-14-2-7-19-15(10-27-20(19)8-14)9-22(25)28-11-17-13-29-21(24-17)12-26-18-5-3-16(23)4-6-18/h2-8,10,13H,9,11-12H2,1H3. The predicted octanol–water partition coefficient (Wildman–Crippen LogP) is 5.20. The van der Waals surface area contributed by atoms with Gasteiger partial charge < -0.3 is 13.9 Å². The SMILES string of the molecule is Cc1ccc2c(CC(=O)OCc3csc(COc4ccc(F)cc4)n3)coc2c1. The van der Waals surface area contributed by atoms with Gasteiger partial charge in [0.25, 0.3) is 0 Å². The minimum absolute atomic E-state index is 0.0980. The Kier molecular flexibility index (Phi) is 5.57. The molecule has 5 nitrogen and oxygen atoms in total. The molecule has 2 aromatic carbocycles. The third kappa shape index (κ3) is 4.81. The third-order valence-corrected chi connectivity index (χ3v) is 5.17. The number of rotatable bonds is 7. The molecule has 0 aliphatic rings. The summed E-state index contributed by atoms with van der Waals surface area (Å²) < 4.78 is 29.3. The number of hydrogen-bond acceptors (Lipinski definition) is 6. The van der Waals surface area contributed by atoms with E-state index in [1.807, 2.05) is 30.5 Å². The van der Waals surface area contributed by atoms with E-state index >= 15 is 0 Å². The zero-order valence-corrected chi connectivity index (χ0v) is 16.5. The van der Waals surface area contributed by atoms with Crippen LogP contribution in [0.15, 0.2) is 58.5 Å². The van der Waals surface area contributed by atoms with Crippen molar-refractivity contribution in [3.8, 4) is 5.75 Å². The molecule has 0 aliphatic carbocycles. The van der Waals surface area contributed by atoms with Gasteiger partial charge in [0, 0.05) is 16.3 Å². The molecule has 0 bridgehead atoms. The average molecular weight is 411 g/mol. The van der Waals surface area contributed by atoms with Gasteiger partial charge >= 0.3 is 5.97 Å². The van der Waals surface area contributed by atoms with Crippen LogP contribution in [0.2, 0.25) is 0 Å². The topological polar surface area (TPSA) is 61.6 Å². The maximum absolute atomic E-state index is 12.9. The zero-order valence-electron chi connectivity index (χ0n) is 15.7. The van der Waals surface area contributed by atoms with Gasteiger partial charge in [-0.2, -0.15) is 0 Å². The molecular formula is C22H18FNO4S. The van der Waals surface area contributed by atoms with Crippen molar-refractivity contribution >= 4 is 28.3 Å². The molecule has 0 saturated carbocycles. The molecule has 2 aromatic heterocycles. The molecule has 0 atom stereocenters. The van der Waals surface area contributed by atoms with Gasteiger partial charge in [0.05, 0.1) is 18.4 Å². The van der Waals surface area contributed by atoms with Crippen LogP contribution in [-0.2, 0) is 29.2 Å². The lowest BCUT2D eigenvalue weighted by Crippen LogP contribution is -2.08. The number of nitrogens with zero attached hydrogens (tertiary/aromatic N) is 1. The molecule has 29 heavy (non-hydrogen) atoms. The van der Waals surface area contributed by atoms with E-state index < -0.39 is 0 Å². The Balaban J connectivity index is 1.28. The van der Waals surface area contributed by atoms with E-state index in [2.05, 4.69) is 4.98 Å². The van der Waals surface area contributed by atoms with Gasteiger partial charge in [-0.3, -0.25) is 4.79 Å². The number of aromatic nitrogens is 1. The maximum Gasteiger partial charge on any atom is 0.310 e. The molecular weight excluding hydrogens is 393 g/mol. The summed E-state index contributed by atoms with van der Waals surface area (Å²) in [6, 6.07) is 11.7. The maximum atomic E-state index is 12.9. The van der Waals surface area contributed by atoms with Crippen LogP contribution in [0.25, 0.3) is 11.0 Å². The minimum atomic E-state index is -0.342. The Morgan fingerprint density at radius 2 is 2.00 bits per heavy atom. The van der Waals surface area contributed by atoms with E-state index in [-0.39, 0.29) is 31.4 Å². The number of benzene rings is 2. The number of esters is 1. The van der Waals surface area contributed by atoms with Crippen LogP contribution in [0, 0.1) is 12.7 Å². The van der Waals surface area contributed by atoms with E-state index in [9.17, 15) is 9.18 Å². The number of aryl methyl sites for hydroxylation is 1. The molecule has 4 rings (SSSR count). The second-order valence-corrected chi connectivity index (χ2v) is 7.52. The van der Waals surface area contributed by atoms with E-state index in [1.54, 1.807) is 18.4 Å². The van der Waals surface area contributed by atoms with Gasteiger partial charge in [0.2, 0.25) is 0 Å². The smallest absolute Gasteiger partial charge is 0.310 e. The lowest BCUT2D eigenvalue weighted by atomic mass is 10.1. The fourth-order valence-corrected chi connectivity index (χ4v) is 3.54. The Morgan fingerprint density at radius 1 is 1.17 bits per heavy atom. The number of carbonyl (C=O) groups is 1. The highest BCUT2D eigenvalue weighted by molar-refractivity contribution is 7.09. The molecule has 0 amide bonds. The van der Waals surface area contributed by atoms with Crippen molar-refractivity contribution < 1.29 is 23.1 Å². The summed E-state index contributed by atoms with van der Waals surface area (Å²) in [5.41, 5.74) is 3.33.